The zero-order chi connectivity index (χ0) is 22.3. The number of anilines is 2. The van der Waals surface area contributed by atoms with Gasteiger partial charge in [0.15, 0.2) is 5.82 Å². The number of aliphatic hydroxyl groups excluding tert-OH is 1. The van der Waals surface area contributed by atoms with E-state index in [9.17, 15) is 5.11 Å². The predicted molar refractivity (Wildman–Crippen MR) is 126 cm³/mol. The molecular weight excluding hydrogens is 446 g/mol. The highest BCUT2D eigenvalue weighted by molar-refractivity contribution is 7.99. The quantitative estimate of drug-likeness (QED) is 0.635. The van der Waals surface area contributed by atoms with Gasteiger partial charge < -0.3 is 20.5 Å². The van der Waals surface area contributed by atoms with E-state index in [2.05, 4.69) is 9.88 Å². The average molecular weight is 476 g/mol. The second kappa shape index (κ2) is 8.97. The summed E-state index contributed by atoms with van der Waals surface area (Å²) in [4.78, 5) is 16.7. The van der Waals surface area contributed by atoms with E-state index in [4.69, 9.17) is 32.0 Å². The number of ether oxygens (including phenoxy) is 1. The number of nitrogens with zero attached hydrogens (tertiary/aromatic N) is 4. The van der Waals surface area contributed by atoms with Crippen molar-refractivity contribution in [1.29, 1.82) is 0 Å². The number of aliphatic hydroxyl groups is 1. The van der Waals surface area contributed by atoms with Crippen LogP contribution in [0, 0.1) is 12.3 Å². The van der Waals surface area contributed by atoms with Crippen molar-refractivity contribution >= 4 is 35.0 Å². The second-order valence-electron chi connectivity index (χ2n) is 9.34. The van der Waals surface area contributed by atoms with Crippen LogP contribution in [-0.4, -0.2) is 45.4 Å². The van der Waals surface area contributed by atoms with Crippen LogP contribution in [0.5, 0.6) is 0 Å². The van der Waals surface area contributed by atoms with Crippen LogP contribution in [0.4, 0.5) is 11.6 Å². The molecule has 7 nitrogen and oxygen atoms in total. The molecule has 0 aromatic carbocycles. The number of aryl methyl sites for hydroxylation is 1. The Labute approximate surface area is 198 Å². The number of hydrogen-bond donors (Lipinski definition) is 2. The van der Waals surface area contributed by atoms with Crippen molar-refractivity contribution in [3.63, 3.8) is 0 Å². The lowest BCUT2D eigenvalue weighted by Crippen LogP contribution is -2.40. The van der Waals surface area contributed by atoms with Gasteiger partial charge in [0.1, 0.15) is 16.5 Å². The normalized spacial score (nSPS) is 22.6. The molecule has 1 atom stereocenters. The SMILES string of the molecule is Cc1nc(N2CCC3(CC[C@H](OC4CC4)C3)CC2)c(CO)nc1Sc1ccnc(N)c1Cl. The highest BCUT2D eigenvalue weighted by Gasteiger charge is 2.43. The first-order valence-corrected chi connectivity index (χ1v) is 12.6. The third-order valence-corrected chi connectivity index (χ3v) is 8.65. The van der Waals surface area contributed by atoms with Crippen LogP contribution in [0.2, 0.25) is 5.02 Å². The van der Waals surface area contributed by atoms with Crippen LogP contribution in [0.15, 0.2) is 22.2 Å². The number of aromatic nitrogens is 3. The Morgan fingerprint density at radius 3 is 2.72 bits per heavy atom. The van der Waals surface area contributed by atoms with Gasteiger partial charge in [0, 0.05) is 24.2 Å². The minimum absolute atomic E-state index is 0.151. The molecule has 3 fully saturated rings. The summed E-state index contributed by atoms with van der Waals surface area (Å²) in [6.45, 7) is 3.68. The Balaban J connectivity index is 1.29. The fraction of sp³-hybridized carbons (Fsp3) is 0.609. The van der Waals surface area contributed by atoms with Gasteiger partial charge in [0.2, 0.25) is 0 Å². The molecule has 5 rings (SSSR count). The summed E-state index contributed by atoms with van der Waals surface area (Å²) < 4.78 is 6.20. The zero-order valence-corrected chi connectivity index (χ0v) is 20.0. The number of nitrogens with two attached hydrogens (primary N) is 1. The predicted octanol–water partition coefficient (Wildman–Crippen LogP) is 4.38. The Bertz CT molecular complexity index is 995. The van der Waals surface area contributed by atoms with Gasteiger partial charge in [-0.2, -0.15) is 0 Å². The number of piperidine rings is 1. The van der Waals surface area contributed by atoms with E-state index in [1.165, 1.54) is 43.9 Å². The first-order chi connectivity index (χ1) is 15.5. The minimum Gasteiger partial charge on any atom is -0.390 e. The number of hydrogen-bond acceptors (Lipinski definition) is 8. The van der Waals surface area contributed by atoms with E-state index in [0.29, 0.717) is 34.2 Å². The van der Waals surface area contributed by atoms with Crippen molar-refractivity contribution in [2.75, 3.05) is 23.7 Å². The van der Waals surface area contributed by atoms with Crippen LogP contribution in [0.3, 0.4) is 0 Å². The molecule has 3 N–H and O–H groups in total. The molecule has 0 unspecified atom stereocenters. The third kappa shape index (κ3) is 4.55. The Morgan fingerprint density at radius 2 is 2.00 bits per heavy atom. The number of nitrogen functional groups attached to an aromatic ring is 1. The van der Waals surface area contributed by atoms with Gasteiger partial charge in [0.05, 0.1) is 29.5 Å². The lowest BCUT2D eigenvalue weighted by atomic mass is 9.77. The number of halogens is 1. The summed E-state index contributed by atoms with van der Waals surface area (Å²) in [6.07, 6.45) is 11.1. The standard InChI is InChI=1S/C23H30ClN5O2S/c1-14-22(32-18-5-9-26-20(25)19(18)24)28-17(13-30)21(27-14)29-10-7-23(8-11-29)6-4-16(12-23)31-15-2-3-15/h5,9,15-16,30H,2-4,6-8,10-13H2,1H3,(H2,25,26)/t16-/m0/s1. The largest absolute Gasteiger partial charge is 0.390 e. The highest BCUT2D eigenvalue weighted by atomic mass is 35.5. The van der Waals surface area contributed by atoms with E-state index in [1.54, 1.807) is 6.20 Å². The molecule has 2 saturated carbocycles. The topological polar surface area (TPSA) is 97.4 Å². The van der Waals surface area contributed by atoms with E-state index in [1.807, 2.05) is 13.0 Å². The van der Waals surface area contributed by atoms with Crippen LogP contribution in [-0.2, 0) is 11.3 Å². The molecule has 32 heavy (non-hydrogen) atoms. The molecule has 1 saturated heterocycles. The maximum Gasteiger partial charge on any atom is 0.153 e. The van der Waals surface area contributed by atoms with E-state index < -0.39 is 0 Å². The molecule has 2 aliphatic carbocycles. The van der Waals surface area contributed by atoms with Crippen molar-refractivity contribution < 1.29 is 9.84 Å². The molecule has 3 aliphatic rings. The maximum atomic E-state index is 10.0. The van der Waals surface area contributed by atoms with Crippen molar-refractivity contribution in [1.82, 2.24) is 15.0 Å². The van der Waals surface area contributed by atoms with Crippen molar-refractivity contribution in [2.24, 2.45) is 5.41 Å². The molecule has 9 heteroatoms. The smallest absolute Gasteiger partial charge is 0.153 e. The van der Waals surface area contributed by atoms with Crippen LogP contribution >= 0.6 is 23.4 Å². The summed E-state index contributed by atoms with van der Waals surface area (Å²) >= 11 is 7.70. The summed E-state index contributed by atoms with van der Waals surface area (Å²) in [5, 5.41) is 11.2. The van der Waals surface area contributed by atoms with Crippen molar-refractivity contribution in [3.05, 3.63) is 28.7 Å². The Hall–Kier alpha value is -1.61. The summed E-state index contributed by atoms with van der Waals surface area (Å²) in [5.41, 5.74) is 7.65. The lowest BCUT2D eigenvalue weighted by Gasteiger charge is -2.40. The summed E-state index contributed by atoms with van der Waals surface area (Å²) in [6, 6.07) is 1.81. The van der Waals surface area contributed by atoms with E-state index >= 15 is 0 Å². The third-order valence-electron chi connectivity index (χ3n) is 7.01. The molecule has 0 amide bonds. The number of pyridine rings is 1. The molecular formula is C23H30ClN5O2S. The van der Waals surface area contributed by atoms with Crippen molar-refractivity contribution in [2.45, 2.75) is 80.6 Å². The second-order valence-corrected chi connectivity index (χ2v) is 10.7. The molecule has 1 aliphatic heterocycles. The molecule has 2 aromatic heterocycles. The lowest BCUT2D eigenvalue weighted by molar-refractivity contribution is 0.0335. The van der Waals surface area contributed by atoms with E-state index in [-0.39, 0.29) is 6.61 Å². The van der Waals surface area contributed by atoms with Crippen LogP contribution < -0.4 is 10.6 Å². The minimum atomic E-state index is -0.151. The van der Waals surface area contributed by atoms with Gasteiger partial charge in [-0.05, 0) is 63.4 Å². The first-order valence-electron chi connectivity index (χ1n) is 11.4. The molecule has 0 radical (unpaired) electrons. The van der Waals surface area contributed by atoms with Crippen molar-refractivity contribution in [3.8, 4) is 0 Å². The average Bonchev–Trinajstić information content (AvgIpc) is 3.53. The number of rotatable bonds is 6. The van der Waals surface area contributed by atoms with Gasteiger partial charge in [0.25, 0.3) is 0 Å². The summed E-state index contributed by atoms with van der Waals surface area (Å²) in [5.74, 6) is 1.09. The first kappa shape index (κ1) is 22.2. The maximum absolute atomic E-state index is 10.0. The fourth-order valence-corrected chi connectivity index (χ4v) is 6.11. The van der Waals surface area contributed by atoms with Gasteiger partial charge in [-0.1, -0.05) is 23.4 Å². The summed E-state index contributed by atoms with van der Waals surface area (Å²) in [7, 11) is 0. The molecule has 3 heterocycles. The molecule has 2 aromatic rings. The van der Waals surface area contributed by atoms with Gasteiger partial charge >= 0.3 is 0 Å². The Morgan fingerprint density at radius 1 is 1.22 bits per heavy atom. The van der Waals surface area contributed by atoms with Gasteiger partial charge in [-0.3, -0.25) is 0 Å². The van der Waals surface area contributed by atoms with Crippen LogP contribution in [0.25, 0.3) is 0 Å². The van der Waals surface area contributed by atoms with Gasteiger partial charge in [-0.15, -0.1) is 0 Å². The van der Waals surface area contributed by atoms with Crippen LogP contribution in [0.1, 0.15) is 56.3 Å². The van der Waals surface area contributed by atoms with E-state index in [0.717, 1.165) is 47.4 Å². The fourth-order valence-electron chi connectivity index (χ4n) is 5.00. The molecule has 172 valence electrons. The highest BCUT2D eigenvalue weighted by Crippen LogP contribution is 2.49. The van der Waals surface area contributed by atoms with Gasteiger partial charge in [-0.25, -0.2) is 15.0 Å². The molecule has 0 bridgehead atoms. The molecule has 1 spiro atoms. The zero-order valence-electron chi connectivity index (χ0n) is 18.4. The Kier molecular flexibility index (Phi) is 6.22. The monoisotopic (exact) mass is 475 g/mol.